The largest absolute Gasteiger partial charge is 0.494 e. The lowest BCUT2D eigenvalue weighted by Crippen LogP contribution is -2.53. The first kappa shape index (κ1) is 25.9. The van der Waals surface area contributed by atoms with Crippen LogP contribution >= 0.6 is 15.9 Å². The lowest BCUT2D eigenvalue weighted by Gasteiger charge is -2.30. The van der Waals surface area contributed by atoms with Gasteiger partial charge in [-0.15, -0.1) is 6.58 Å². The van der Waals surface area contributed by atoms with Gasteiger partial charge in [-0.2, -0.15) is 0 Å². The number of carbonyl (C=O) groups is 1. The Kier molecular flexibility index (Phi) is 9.27. The maximum absolute atomic E-state index is 13.5. The lowest BCUT2D eigenvalue weighted by atomic mass is 9.84. The van der Waals surface area contributed by atoms with Crippen molar-refractivity contribution in [3.63, 3.8) is 0 Å². The quantitative estimate of drug-likeness (QED) is 0.216. The molecule has 3 rings (SSSR count). The molecule has 1 heterocycles. The van der Waals surface area contributed by atoms with Gasteiger partial charge in [0.05, 0.1) is 6.61 Å². The van der Waals surface area contributed by atoms with Gasteiger partial charge >= 0.3 is 0 Å². The van der Waals surface area contributed by atoms with Crippen molar-refractivity contribution in [1.29, 1.82) is 0 Å². The first-order valence-corrected chi connectivity index (χ1v) is 12.2. The predicted molar refractivity (Wildman–Crippen MR) is 137 cm³/mol. The third-order valence-corrected chi connectivity index (χ3v) is 6.11. The molecule has 1 aliphatic heterocycles. The number of hydrogen-bond acceptors (Lipinski definition) is 6. The van der Waals surface area contributed by atoms with Gasteiger partial charge in [0.25, 0.3) is 5.91 Å². The minimum Gasteiger partial charge on any atom is -0.494 e. The van der Waals surface area contributed by atoms with Crippen LogP contribution in [0.3, 0.4) is 0 Å². The Balaban J connectivity index is 1.96. The maximum atomic E-state index is 13.5. The highest BCUT2D eigenvalue weighted by atomic mass is 79.9. The summed E-state index contributed by atoms with van der Waals surface area (Å²) in [7, 11) is 0. The fourth-order valence-electron chi connectivity index (χ4n) is 3.64. The van der Waals surface area contributed by atoms with Crippen LogP contribution in [-0.2, 0) is 9.53 Å². The number of carbonyl (C=O) groups excluding carboxylic acids is 1. The molecule has 0 unspecified atom stereocenters. The molecule has 34 heavy (non-hydrogen) atoms. The molecule has 2 aromatic carbocycles. The molecule has 0 saturated carbocycles. The van der Waals surface area contributed by atoms with Crippen LogP contribution < -0.4 is 15.6 Å². The Hall–Kier alpha value is -2.68. The second kappa shape index (κ2) is 12.1. The van der Waals surface area contributed by atoms with E-state index in [9.17, 15) is 4.79 Å². The molecule has 1 amide bonds. The highest BCUT2D eigenvalue weighted by Crippen LogP contribution is 2.44. The molecule has 0 bridgehead atoms. The highest BCUT2D eigenvalue weighted by Gasteiger charge is 2.53. The summed E-state index contributed by atoms with van der Waals surface area (Å²) in [4.78, 5) is 18.4. The molecule has 0 aliphatic carbocycles. The molecular formula is C26H32BrN3O4. The average Bonchev–Trinajstić information content (AvgIpc) is 3.20. The van der Waals surface area contributed by atoms with Gasteiger partial charge in [0.2, 0.25) is 5.90 Å². The van der Waals surface area contributed by atoms with Crippen LogP contribution in [0.25, 0.3) is 0 Å². The summed E-state index contributed by atoms with van der Waals surface area (Å²) in [5.41, 5.74) is 6.17. The number of aliphatic hydroxyl groups is 1. The number of aliphatic imine (C=N–C) groups is 1. The van der Waals surface area contributed by atoms with E-state index in [1.54, 1.807) is 6.08 Å². The number of nitrogens with zero attached hydrogens (tertiary/aromatic N) is 1. The number of benzene rings is 2. The number of hydrogen-bond donors (Lipinski definition) is 3. The summed E-state index contributed by atoms with van der Waals surface area (Å²) < 4.78 is 12.8. The van der Waals surface area contributed by atoms with Gasteiger partial charge in [0, 0.05) is 41.6 Å². The van der Waals surface area contributed by atoms with E-state index in [0.29, 0.717) is 43.6 Å². The average molecular weight is 530 g/mol. The van der Waals surface area contributed by atoms with Crippen LogP contribution in [0.4, 0.5) is 0 Å². The van der Waals surface area contributed by atoms with Gasteiger partial charge in [0.1, 0.15) is 5.75 Å². The smallest absolute Gasteiger partial charge is 0.266 e. The molecule has 0 fully saturated rings. The molecular weight excluding hydrogens is 498 g/mol. The number of ether oxygens (including phenoxy) is 2. The van der Waals surface area contributed by atoms with E-state index in [0.717, 1.165) is 15.6 Å². The first-order valence-electron chi connectivity index (χ1n) is 11.4. The van der Waals surface area contributed by atoms with Crippen LogP contribution in [-0.4, -0.2) is 42.2 Å². The number of amides is 1. The molecule has 2 aromatic rings. The van der Waals surface area contributed by atoms with Crippen molar-refractivity contribution in [2.45, 2.75) is 38.3 Å². The molecule has 0 aromatic heterocycles. The number of nitrogens with one attached hydrogen (secondary N) is 2. The summed E-state index contributed by atoms with van der Waals surface area (Å²) in [5, 5.41) is 8.93. The molecule has 3 N–H and O–H groups in total. The fourth-order valence-corrected chi connectivity index (χ4v) is 4.14. The van der Waals surface area contributed by atoms with Gasteiger partial charge in [-0.25, -0.2) is 10.4 Å². The Bertz CT molecular complexity index is 1010. The van der Waals surface area contributed by atoms with Crippen molar-refractivity contribution in [3.05, 3.63) is 76.8 Å². The van der Waals surface area contributed by atoms with Crippen molar-refractivity contribution < 1.29 is 19.4 Å². The van der Waals surface area contributed by atoms with Crippen LogP contribution in [0.15, 0.2) is 70.7 Å². The number of rotatable bonds is 12. The van der Waals surface area contributed by atoms with Gasteiger partial charge in [0.15, 0.2) is 11.6 Å². The summed E-state index contributed by atoms with van der Waals surface area (Å²) >= 11 is 3.61. The second-order valence-electron chi connectivity index (χ2n) is 8.53. The third kappa shape index (κ3) is 6.05. The van der Waals surface area contributed by atoms with E-state index in [2.05, 4.69) is 47.2 Å². The standard InChI is InChI=1S/C26H32BrN3O4/c1-4-14-26(25(32)30-28-17-18(2)3)23(21-8-5-6-9-22(21)27)34-24(29-26)19-10-12-20(13-11-19)33-16-7-15-31/h4-6,8-13,18,23,28,31H,1,7,14-17H2,2-3H3,(H,30,32)/t23-,26-/m0/s1. The topological polar surface area (TPSA) is 92.2 Å². The Morgan fingerprint density at radius 3 is 2.68 bits per heavy atom. The normalized spacial score (nSPS) is 19.4. The molecule has 2 atom stereocenters. The maximum Gasteiger partial charge on any atom is 0.266 e. The van der Waals surface area contributed by atoms with E-state index < -0.39 is 11.6 Å². The Labute approximate surface area is 209 Å². The van der Waals surface area contributed by atoms with E-state index >= 15 is 0 Å². The summed E-state index contributed by atoms with van der Waals surface area (Å²) in [6, 6.07) is 15.0. The SMILES string of the molecule is C=CC[C@]1(C(=O)NNCC(C)C)N=C(c2ccc(OCCCO)cc2)O[C@H]1c1ccccc1Br. The molecule has 8 heteroatoms. The van der Waals surface area contributed by atoms with Gasteiger partial charge < -0.3 is 14.6 Å². The molecule has 0 saturated heterocycles. The number of hydrazine groups is 1. The van der Waals surface area contributed by atoms with E-state index in [1.165, 1.54) is 0 Å². The molecule has 7 nitrogen and oxygen atoms in total. The summed E-state index contributed by atoms with van der Waals surface area (Å²) in [6.45, 7) is 9.16. The first-order chi connectivity index (χ1) is 16.4. The summed E-state index contributed by atoms with van der Waals surface area (Å²) in [5.74, 6) is 1.15. The predicted octanol–water partition coefficient (Wildman–Crippen LogP) is 4.32. The van der Waals surface area contributed by atoms with Crippen molar-refractivity contribution in [1.82, 2.24) is 10.9 Å². The van der Waals surface area contributed by atoms with Crippen molar-refractivity contribution in [3.8, 4) is 5.75 Å². The van der Waals surface area contributed by atoms with Crippen LogP contribution in [0, 0.1) is 5.92 Å². The van der Waals surface area contributed by atoms with E-state index in [-0.39, 0.29) is 12.5 Å². The van der Waals surface area contributed by atoms with Crippen molar-refractivity contribution in [2.24, 2.45) is 10.9 Å². The molecule has 0 radical (unpaired) electrons. The summed E-state index contributed by atoms with van der Waals surface area (Å²) in [6.07, 6.45) is 1.90. The zero-order chi connectivity index (χ0) is 24.6. The monoisotopic (exact) mass is 529 g/mol. The lowest BCUT2D eigenvalue weighted by molar-refractivity contribution is -0.129. The zero-order valence-corrected chi connectivity index (χ0v) is 21.2. The molecule has 182 valence electrons. The third-order valence-electron chi connectivity index (χ3n) is 5.39. The van der Waals surface area contributed by atoms with Crippen LogP contribution in [0.2, 0.25) is 0 Å². The van der Waals surface area contributed by atoms with Crippen LogP contribution in [0.5, 0.6) is 5.75 Å². The molecule has 0 spiro atoms. The van der Waals surface area contributed by atoms with Gasteiger partial charge in [-0.05, 0) is 36.2 Å². The van der Waals surface area contributed by atoms with Crippen LogP contribution in [0.1, 0.15) is 43.9 Å². The van der Waals surface area contributed by atoms with Gasteiger partial charge in [-0.3, -0.25) is 10.2 Å². The van der Waals surface area contributed by atoms with Gasteiger partial charge in [-0.1, -0.05) is 54.1 Å². The Morgan fingerprint density at radius 2 is 2.03 bits per heavy atom. The number of halogens is 1. The van der Waals surface area contributed by atoms with Crippen molar-refractivity contribution >= 4 is 27.7 Å². The second-order valence-corrected chi connectivity index (χ2v) is 9.39. The fraction of sp³-hybridized carbons (Fsp3) is 0.385. The minimum absolute atomic E-state index is 0.0820. The molecule has 1 aliphatic rings. The zero-order valence-electron chi connectivity index (χ0n) is 19.6. The highest BCUT2D eigenvalue weighted by molar-refractivity contribution is 9.10. The number of aliphatic hydroxyl groups excluding tert-OH is 1. The van der Waals surface area contributed by atoms with E-state index in [1.807, 2.05) is 48.5 Å². The Morgan fingerprint density at radius 1 is 1.29 bits per heavy atom. The van der Waals surface area contributed by atoms with E-state index in [4.69, 9.17) is 19.6 Å². The van der Waals surface area contributed by atoms with Crippen molar-refractivity contribution in [2.75, 3.05) is 19.8 Å². The minimum atomic E-state index is -1.23.